The summed E-state index contributed by atoms with van der Waals surface area (Å²) in [6.45, 7) is 20.8. The highest BCUT2D eigenvalue weighted by Crippen LogP contribution is 2.50. The van der Waals surface area contributed by atoms with Crippen molar-refractivity contribution < 1.29 is 4.42 Å². The van der Waals surface area contributed by atoms with Gasteiger partial charge in [-0.3, -0.25) is 0 Å². The highest BCUT2D eigenvalue weighted by Gasteiger charge is 2.47. The minimum atomic E-state index is -0.195. The molecule has 4 nitrogen and oxygen atoms in total. The summed E-state index contributed by atoms with van der Waals surface area (Å²) in [5, 5.41) is 6.18. The van der Waals surface area contributed by atoms with E-state index in [4.69, 9.17) is 4.42 Å². The largest absolute Gasteiger partial charge is 0.466 e. The van der Waals surface area contributed by atoms with Crippen LogP contribution in [0.1, 0.15) is 79.0 Å². The van der Waals surface area contributed by atoms with Gasteiger partial charge in [-0.25, -0.2) is 0 Å². The van der Waals surface area contributed by atoms with Gasteiger partial charge in [0.1, 0.15) is 11.2 Å². The Morgan fingerprint density at radius 3 is 1.79 bits per heavy atom. The van der Waals surface area contributed by atoms with Crippen LogP contribution in [-0.4, -0.2) is 15.9 Å². The van der Waals surface area contributed by atoms with Crippen molar-refractivity contribution in [3.8, 4) is 16.8 Å². The molecule has 2 aliphatic rings. The zero-order chi connectivity index (χ0) is 41.9. The van der Waals surface area contributed by atoms with Crippen LogP contribution in [0.3, 0.4) is 0 Å². The van der Waals surface area contributed by atoms with Crippen molar-refractivity contribution >= 4 is 89.6 Å². The molecule has 5 heteroatoms. The van der Waals surface area contributed by atoms with E-state index in [1.54, 1.807) is 0 Å². The number of rotatable bonds is 2. The molecule has 0 unspecified atom stereocenters. The van der Waals surface area contributed by atoms with Crippen molar-refractivity contribution in [1.29, 1.82) is 0 Å². The summed E-state index contributed by atoms with van der Waals surface area (Å²) in [6.07, 6.45) is 0. The van der Waals surface area contributed by atoms with Gasteiger partial charge in [0.2, 0.25) is 0 Å². The maximum absolute atomic E-state index is 7.26. The molecule has 12 rings (SSSR count). The van der Waals surface area contributed by atoms with E-state index in [-0.39, 0.29) is 23.1 Å². The Labute approximate surface area is 358 Å². The molecular formula is C56H50BN3O. The van der Waals surface area contributed by atoms with Gasteiger partial charge in [0.15, 0.2) is 0 Å². The molecule has 0 atom stereocenters. The predicted octanol–water partition coefficient (Wildman–Crippen LogP) is 13.9. The number of fused-ring (bicyclic) bond motifs is 12. The van der Waals surface area contributed by atoms with Gasteiger partial charge in [0.25, 0.3) is 0 Å². The molecule has 0 radical (unpaired) electrons. The van der Waals surface area contributed by atoms with E-state index in [9.17, 15) is 0 Å². The van der Waals surface area contributed by atoms with Crippen molar-refractivity contribution in [3.05, 3.63) is 156 Å². The fraction of sp³-hybridized carbons (Fsp3) is 0.214. The van der Waals surface area contributed by atoms with Crippen molar-refractivity contribution in [2.45, 2.75) is 78.6 Å². The molecule has 0 aliphatic carbocycles. The molecule has 10 aromatic rings. The standard InChI is InChI=1S/C56H50BN3O/c1-54(2,3)33-23-25-37(26-24-33)59-48-30-35(56(7,8)9)27-42-44-29-34(55(4,5)6)28-43-41-31-46-40(38-19-13-15-21-45(38)58(46)36-17-11-10-12-18-36)32-47(41)60(51(43)44)57(50(42)48)53-52(59)39-20-14-16-22-49(39)61-53/h10-32H,1-9H3. The Kier molecular flexibility index (Phi) is 7.22. The fourth-order valence-corrected chi connectivity index (χ4v) is 10.5. The monoisotopic (exact) mass is 791 g/mol. The van der Waals surface area contributed by atoms with Crippen LogP contribution in [0.25, 0.3) is 71.4 Å². The molecule has 0 bridgehead atoms. The first kappa shape index (κ1) is 36.4. The van der Waals surface area contributed by atoms with E-state index in [1.165, 1.54) is 88.3 Å². The van der Waals surface area contributed by atoms with Gasteiger partial charge in [-0.15, -0.1) is 0 Å². The van der Waals surface area contributed by atoms with Crippen LogP contribution >= 0.6 is 0 Å². The van der Waals surface area contributed by atoms with Gasteiger partial charge in [0.05, 0.1) is 16.7 Å². The quantitative estimate of drug-likeness (QED) is 0.163. The summed E-state index contributed by atoms with van der Waals surface area (Å²) in [5.41, 5.74) is 19.2. The van der Waals surface area contributed by atoms with E-state index in [2.05, 4.69) is 216 Å². The van der Waals surface area contributed by atoms with Gasteiger partial charge in [0, 0.05) is 60.6 Å². The van der Waals surface area contributed by atoms with Crippen molar-refractivity contribution in [3.63, 3.8) is 0 Å². The Hall–Kier alpha value is -6.46. The number of aromatic nitrogens is 2. The zero-order valence-corrected chi connectivity index (χ0v) is 36.6. The summed E-state index contributed by atoms with van der Waals surface area (Å²) in [5.74, 6) is 0. The van der Waals surface area contributed by atoms with Crippen LogP contribution in [0.15, 0.2) is 144 Å². The van der Waals surface area contributed by atoms with Gasteiger partial charge >= 0.3 is 6.85 Å². The second-order valence-electron chi connectivity index (χ2n) is 20.7. The zero-order valence-electron chi connectivity index (χ0n) is 36.6. The number of nitrogens with zero attached hydrogens (tertiary/aromatic N) is 3. The van der Waals surface area contributed by atoms with Crippen LogP contribution in [0.5, 0.6) is 0 Å². The van der Waals surface area contributed by atoms with E-state index >= 15 is 0 Å². The predicted molar refractivity (Wildman–Crippen MR) is 260 cm³/mol. The van der Waals surface area contributed by atoms with Crippen LogP contribution in [0, 0.1) is 0 Å². The molecule has 0 N–H and O–H groups in total. The molecule has 7 aromatic carbocycles. The molecule has 0 fully saturated rings. The summed E-state index contributed by atoms with van der Waals surface area (Å²) in [7, 11) is 0. The van der Waals surface area contributed by atoms with Crippen molar-refractivity contribution in [2.75, 3.05) is 4.90 Å². The van der Waals surface area contributed by atoms with E-state index in [0.717, 1.165) is 28.0 Å². The van der Waals surface area contributed by atoms with Crippen LogP contribution in [-0.2, 0) is 16.2 Å². The summed E-state index contributed by atoms with van der Waals surface area (Å²) in [6, 6.07) is 52.6. The van der Waals surface area contributed by atoms with E-state index in [1.807, 2.05) is 0 Å². The number of benzene rings is 7. The van der Waals surface area contributed by atoms with Crippen LogP contribution in [0.4, 0.5) is 17.1 Å². The lowest BCUT2D eigenvalue weighted by atomic mass is 9.47. The van der Waals surface area contributed by atoms with Gasteiger partial charge in [-0.1, -0.05) is 129 Å². The van der Waals surface area contributed by atoms with E-state index < -0.39 is 0 Å². The fourth-order valence-electron chi connectivity index (χ4n) is 10.5. The third-order valence-corrected chi connectivity index (χ3v) is 13.7. The first-order chi connectivity index (χ1) is 29.2. The van der Waals surface area contributed by atoms with Gasteiger partial charge < -0.3 is 18.4 Å². The molecule has 5 heterocycles. The molecular weight excluding hydrogens is 741 g/mol. The molecule has 0 amide bonds. The molecule has 0 saturated heterocycles. The second-order valence-corrected chi connectivity index (χ2v) is 20.7. The van der Waals surface area contributed by atoms with Crippen LogP contribution in [0.2, 0.25) is 0 Å². The molecule has 0 saturated carbocycles. The SMILES string of the molecule is CC(C)(C)c1ccc(N2c3cc(C(C)(C)C)cc4c3B(c3oc5ccccc5c32)n2c3cc5c6ccccc6n(-c6ccccc6)c5cc3c3cc(C(C)(C)C)cc-4c32)cc1. The molecule has 298 valence electrons. The lowest BCUT2D eigenvalue weighted by molar-refractivity contribution is 0.589. The molecule has 3 aromatic heterocycles. The van der Waals surface area contributed by atoms with Crippen molar-refractivity contribution in [1.82, 2.24) is 9.05 Å². The third-order valence-electron chi connectivity index (χ3n) is 13.7. The first-order valence-electron chi connectivity index (χ1n) is 21.9. The van der Waals surface area contributed by atoms with Gasteiger partial charge in [-0.05, 0) is 117 Å². The number of anilines is 3. The highest BCUT2D eigenvalue weighted by atomic mass is 16.3. The lowest BCUT2D eigenvalue weighted by Gasteiger charge is -2.40. The minimum absolute atomic E-state index is 0.0402. The topological polar surface area (TPSA) is 26.2 Å². The third kappa shape index (κ3) is 5.07. The minimum Gasteiger partial charge on any atom is -0.466 e. The second kappa shape index (κ2) is 12.1. The number of hydrogen-bond acceptors (Lipinski definition) is 2. The molecule has 2 aliphatic heterocycles. The van der Waals surface area contributed by atoms with E-state index in [0.29, 0.717) is 0 Å². The average Bonchev–Trinajstić information content (AvgIpc) is 3.88. The summed E-state index contributed by atoms with van der Waals surface area (Å²) >= 11 is 0. The van der Waals surface area contributed by atoms with Gasteiger partial charge in [-0.2, -0.15) is 0 Å². The lowest BCUT2D eigenvalue weighted by Crippen LogP contribution is -2.56. The highest BCUT2D eigenvalue weighted by molar-refractivity contribution is 6.89. The molecule has 61 heavy (non-hydrogen) atoms. The maximum Gasteiger partial charge on any atom is 0.375 e. The number of hydrogen-bond donors (Lipinski definition) is 0. The Morgan fingerprint density at radius 2 is 1.07 bits per heavy atom. The number of para-hydroxylation sites is 3. The van der Waals surface area contributed by atoms with Crippen LogP contribution < -0.4 is 16.0 Å². The smallest absolute Gasteiger partial charge is 0.375 e. The molecule has 0 spiro atoms. The average molecular weight is 792 g/mol. The normalized spacial score (nSPS) is 13.9. The Bertz CT molecular complexity index is 3470. The summed E-state index contributed by atoms with van der Waals surface area (Å²) in [4.78, 5) is 2.52. The Balaban J connectivity index is 1.27. The first-order valence-corrected chi connectivity index (χ1v) is 21.9. The van der Waals surface area contributed by atoms with Crippen molar-refractivity contribution in [2.24, 2.45) is 0 Å². The maximum atomic E-state index is 7.26. The summed E-state index contributed by atoms with van der Waals surface area (Å²) < 4.78 is 12.4. The number of furan rings is 1. The Morgan fingerprint density at radius 1 is 0.459 bits per heavy atom.